The van der Waals surface area contributed by atoms with Crippen molar-refractivity contribution < 1.29 is 19.2 Å². The fourth-order valence-corrected chi connectivity index (χ4v) is 2.23. The summed E-state index contributed by atoms with van der Waals surface area (Å²) in [6.07, 6.45) is 2.35. The minimum Gasteiger partial charge on any atom is -0.356 e. The van der Waals surface area contributed by atoms with E-state index in [-0.39, 0.29) is 29.4 Å². The number of amides is 2. The van der Waals surface area contributed by atoms with Gasteiger partial charge in [0.2, 0.25) is 11.8 Å². The predicted octanol–water partition coefficient (Wildman–Crippen LogP) is -0.584. The summed E-state index contributed by atoms with van der Waals surface area (Å²) in [6.45, 7) is 1.19. The van der Waals surface area contributed by atoms with E-state index in [1.54, 1.807) is 4.90 Å². The van der Waals surface area contributed by atoms with E-state index >= 15 is 0 Å². The summed E-state index contributed by atoms with van der Waals surface area (Å²) < 4.78 is 0. The topological polar surface area (TPSA) is 83.6 Å². The standard InChI is InChI=1S/C6H7NO2.C6H9NO2/c8-5-1-2-7-4(5)3-6(7)9;8-5-1-2-6(9)7-4-3-5/h4H,1-3H2;1-4H2,(H,7,9). The molecule has 0 bridgehead atoms. The molecular weight excluding hydrogens is 236 g/mol. The molecule has 3 saturated heterocycles. The first-order valence-corrected chi connectivity index (χ1v) is 6.18. The lowest BCUT2D eigenvalue weighted by molar-refractivity contribution is -0.146. The quantitative estimate of drug-likeness (QED) is 0.584. The number of β-lactam (4-membered cyclic amide) rings is 1. The molecule has 6 nitrogen and oxygen atoms in total. The van der Waals surface area contributed by atoms with E-state index < -0.39 is 0 Å². The van der Waals surface area contributed by atoms with Crippen LogP contribution in [0.1, 0.15) is 32.1 Å². The maximum atomic E-state index is 10.8. The number of carbonyl (C=O) groups is 4. The van der Waals surface area contributed by atoms with Crippen molar-refractivity contribution in [1.29, 1.82) is 0 Å². The molecule has 2 amide bonds. The number of ketones is 2. The molecule has 3 aliphatic rings. The summed E-state index contributed by atoms with van der Waals surface area (Å²) in [5, 5.41) is 2.62. The van der Waals surface area contributed by atoms with E-state index in [2.05, 4.69) is 5.32 Å². The zero-order valence-corrected chi connectivity index (χ0v) is 10.1. The molecule has 1 N–H and O–H groups in total. The SMILES string of the molecule is O=C1CCN2C(=O)CC12.O=C1CCNC(=O)CC1. The fraction of sp³-hybridized carbons (Fsp3) is 0.667. The summed E-state index contributed by atoms with van der Waals surface area (Å²) in [5.41, 5.74) is 0. The minimum absolute atomic E-state index is 0.000787. The molecular formula is C12H16N2O4. The summed E-state index contributed by atoms with van der Waals surface area (Å²) >= 11 is 0. The molecule has 0 spiro atoms. The molecule has 0 aliphatic carbocycles. The van der Waals surface area contributed by atoms with E-state index in [9.17, 15) is 19.2 Å². The average molecular weight is 252 g/mol. The number of fused-ring (bicyclic) bond motifs is 1. The van der Waals surface area contributed by atoms with Gasteiger partial charge in [-0.1, -0.05) is 0 Å². The molecule has 3 fully saturated rings. The van der Waals surface area contributed by atoms with Crippen molar-refractivity contribution in [2.24, 2.45) is 0 Å². The van der Waals surface area contributed by atoms with Crippen LogP contribution in [0.2, 0.25) is 0 Å². The average Bonchev–Trinajstić information content (AvgIpc) is 2.48. The van der Waals surface area contributed by atoms with Crippen LogP contribution in [0, 0.1) is 0 Å². The Hall–Kier alpha value is -1.72. The van der Waals surface area contributed by atoms with Gasteiger partial charge in [-0.3, -0.25) is 19.2 Å². The van der Waals surface area contributed by atoms with Crippen LogP contribution in [-0.4, -0.2) is 47.4 Å². The molecule has 0 saturated carbocycles. The highest BCUT2D eigenvalue weighted by molar-refractivity contribution is 6.01. The van der Waals surface area contributed by atoms with Crippen LogP contribution in [0.25, 0.3) is 0 Å². The monoisotopic (exact) mass is 252 g/mol. The van der Waals surface area contributed by atoms with Gasteiger partial charge in [-0.2, -0.15) is 0 Å². The van der Waals surface area contributed by atoms with Gasteiger partial charge in [0.1, 0.15) is 5.78 Å². The van der Waals surface area contributed by atoms with Crippen LogP contribution in [0.5, 0.6) is 0 Å². The Morgan fingerprint density at radius 2 is 1.78 bits per heavy atom. The molecule has 1 unspecified atom stereocenters. The van der Waals surface area contributed by atoms with Gasteiger partial charge in [-0.05, 0) is 0 Å². The van der Waals surface area contributed by atoms with Gasteiger partial charge in [-0.25, -0.2) is 0 Å². The van der Waals surface area contributed by atoms with Crippen LogP contribution >= 0.6 is 0 Å². The van der Waals surface area contributed by atoms with Gasteiger partial charge in [0, 0.05) is 38.8 Å². The Kier molecular flexibility index (Phi) is 3.74. The zero-order chi connectivity index (χ0) is 13.1. The number of hydrogen-bond donors (Lipinski definition) is 1. The summed E-state index contributed by atoms with van der Waals surface area (Å²) in [6, 6.07) is -0.0162. The van der Waals surface area contributed by atoms with Gasteiger partial charge >= 0.3 is 0 Å². The van der Waals surface area contributed by atoms with Crippen LogP contribution in [0.4, 0.5) is 0 Å². The third kappa shape index (κ3) is 2.75. The van der Waals surface area contributed by atoms with Crippen molar-refractivity contribution in [3.8, 4) is 0 Å². The Morgan fingerprint density at radius 1 is 1.00 bits per heavy atom. The second kappa shape index (κ2) is 5.29. The Balaban J connectivity index is 0.000000134. The number of nitrogens with zero attached hydrogens (tertiary/aromatic N) is 1. The first-order valence-electron chi connectivity index (χ1n) is 6.18. The van der Waals surface area contributed by atoms with Crippen molar-refractivity contribution >= 4 is 23.4 Å². The van der Waals surface area contributed by atoms with Gasteiger partial charge in [0.25, 0.3) is 0 Å². The fourth-order valence-electron chi connectivity index (χ4n) is 2.23. The number of hydrogen-bond acceptors (Lipinski definition) is 4. The van der Waals surface area contributed by atoms with Crippen LogP contribution in [0.3, 0.4) is 0 Å². The second-order valence-corrected chi connectivity index (χ2v) is 4.66. The highest BCUT2D eigenvalue weighted by Crippen LogP contribution is 2.26. The smallest absolute Gasteiger partial charge is 0.225 e. The number of Topliss-reactive ketones (excluding diaryl/α,β-unsaturated/α-hetero) is 2. The minimum atomic E-state index is -0.0162. The van der Waals surface area contributed by atoms with E-state index in [1.807, 2.05) is 0 Å². The molecule has 6 heteroatoms. The lowest BCUT2D eigenvalue weighted by atomic mass is 10.0. The van der Waals surface area contributed by atoms with Crippen molar-refractivity contribution in [3.63, 3.8) is 0 Å². The van der Waals surface area contributed by atoms with Crippen LogP contribution in [-0.2, 0) is 19.2 Å². The normalized spacial score (nSPS) is 26.7. The molecule has 3 heterocycles. The summed E-state index contributed by atoms with van der Waals surface area (Å²) in [5.74, 6) is 0.578. The number of rotatable bonds is 0. The van der Waals surface area contributed by atoms with E-state index in [0.29, 0.717) is 45.2 Å². The van der Waals surface area contributed by atoms with Crippen LogP contribution in [0.15, 0.2) is 0 Å². The largest absolute Gasteiger partial charge is 0.356 e. The molecule has 3 aliphatic heterocycles. The molecule has 98 valence electrons. The van der Waals surface area contributed by atoms with E-state index in [1.165, 1.54) is 0 Å². The first-order chi connectivity index (χ1) is 8.58. The lowest BCUT2D eigenvalue weighted by Crippen LogP contribution is -2.50. The van der Waals surface area contributed by atoms with Crippen molar-refractivity contribution in [1.82, 2.24) is 10.2 Å². The van der Waals surface area contributed by atoms with Gasteiger partial charge < -0.3 is 10.2 Å². The van der Waals surface area contributed by atoms with Gasteiger partial charge in [0.15, 0.2) is 5.78 Å². The molecule has 0 radical (unpaired) electrons. The molecule has 0 aromatic heterocycles. The van der Waals surface area contributed by atoms with Crippen LogP contribution < -0.4 is 5.32 Å². The van der Waals surface area contributed by atoms with E-state index in [4.69, 9.17) is 0 Å². The molecule has 18 heavy (non-hydrogen) atoms. The maximum Gasteiger partial charge on any atom is 0.225 e. The molecule has 0 aromatic rings. The van der Waals surface area contributed by atoms with Crippen molar-refractivity contribution in [2.75, 3.05) is 13.1 Å². The predicted molar refractivity (Wildman–Crippen MR) is 61.6 cm³/mol. The van der Waals surface area contributed by atoms with Crippen molar-refractivity contribution in [3.05, 3.63) is 0 Å². The second-order valence-electron chi connectivity index (χ2n) is 4.66. The van der Waals surface area contributed by atoms with Crippen molar-refractivity contribution in [2.45, 2.75) is 38.1 Å². The van der Waals surface area contributed by atoms with E-state index in [0.717, 1.165) is 0 Å². The maximum absolute atomic E-state index is 10.8. The summed E-state index contributed by atoms with van der Waals surface area (Å²) in [4.78, 5) is 44.3. The third-order valence-corrected chi connectivity index (χ3v) is 3.39. The molecule has 0 aromatic carbocycles. The summed E-state index contributed by atoms with van der Waals surface area (Å²) in [7, 11) is 0. The Morgan fingerprint density at radius 3 is 2.39 bits per heavy atom. The highest BCUT2D eigenvalue weighted by atomic mass is 16.2. The first kappa shape index (κ1) is 12.7. The lowest BCUT2D eigenvalue weighted by Gasteiger charge is -2.32. The molecule has 3 rings (SSSR count). The molecule has 1 atom stereocenters. The number of carbonyl (C=O) groups excluding carboxylic acids is 4. The third-order valence-electron chi connectivity index (χ3n) is 3.39. The van der Waals surface area contributed by atoms with Gasteiger partial charge in [-0.15, -0.1) is 0 Å². The highest BCUT2D eigenvalue weighted by Gasteiger charge is 2.44. The Labute approximate surface area is 105 Å². The van der Waals surface area contributed by atoms with Gasteiger partial charge in [0.05, 0.1) is 12.5 Å². The zero-order valence-electron chi connectivity index (χ0n) is 10.1. The Bertz CT molecular complexity index is 381. The number of nitrogens with one attached hydrogen (secondary N) is 1.